The summed E-state index contributed by atoms with van der Waals surface area (Å²) < 4.78 is 0. The van der Waals surface area contributed by atoms with Gasteiger partial charge in [-0.1, -0.05) is 0 Å². The van der Waals surface area contributed by atoms with Crippen LogP contribution in [0.1, 0.15) is 0 Å². The van der Waals surface area contributed by atoms with E-state index in [1.54, 1.807) is 49.6 Å². The van der Waals surface area contributed by atoms with E-state index in [9.17, 15) is 0 Å². The van der Waals surface area contributed by atoms with Crippen LogP contribution in [-0.4, -0.2) is 29.9 Å². The summed E-state index contributed by atoms with van der Waals surface area (Å²) in [7, 11) is 0. The van der Waals surface area contributed by atoms with E-state index in [0.29, 0.717) is 0 Å². The predicted octanol–water partition coefficient (Wildman–Crippen LogP) is 3.06. The van der Waals surface area contributed by atoms with Crippen LogP contribution >= 0.6 is 0 Å². The Morgan fingerprint density at radius 2 is 0.917 bits per heavy atom. The number of pyridine rings is 2. The number of nitrogens with zero attached hydrogens (tertiary/aromatic N) is 6. The first-order valence-electron chi connectivity index (χ1n) is 7.35. The van der Waals surface area contributed by atoms with Crippen molar-refractivity contribution >= 4 is 0 Å². The highest BCUT2D eigenvalue weighted by molar-refractivity contribution is 5.69. The Morgan fingerprint density at radius 3 is 1.33 bits per heavy atom. The zero-order valence-electron chi connectivity index (χ0n) is 12.6. The van der Waals surface area contributed by atoms with Crippen molar-refractivity contribution in [3.05, 3.63) is 73.8 Å². The van der Waals surface area contributed by atoms with Crippen molar-refractivity contribution in [2.24, 2.45) is 0 Å². The lowest BCUT2D eigenvalue weighted by molar-refractivity contribution is 1.19. The fourth-order valence-electron chi connectivity index (χ4n) is 2.36. The molecule has 0 bridgehead atoms. The third-order valence-electron chi connectivity index (χ3n) is 3.50. The van der Waals surface area contributed by atoms with Gasteiger partial charge in [-0.3, -0.25) is 29.9 Å². The smallest absolute Gasteiger partial charge is 0.0893 e. The molecule has 4 rings (SSSR count). The van der Waals surface area contributed by atoms with E-state index in [1.807, 2.05) is 24.3 Å². The maximum atomic E-state index is 4.42. The molecule has 0 aliphatic carbocycles. The van der Waals surface area contributed by atoms with Crippen molar-refractivity contribution in [1.29, 1.82) is 0 Å². The Balaban J connectivity index is 1.75. The van der Waals surface area contributed by atoms with Crippen LogP contribution in [0.4, 0.5) is 0 Å². The van der Waals surface area contributed by atoms with Crippen LogP contribution in [-0.2, 0) is 0 Å². The van der Waals surface area contributed by atoms with E-state index >= 15 is 0 Å². The summed E-state index contributed by atoms with van der Waals surface area (Å²) >= 11 is 0. The molecule has 0 unspecified atom stereocenters. The van der Waals surface area contributed by atoms with Crippen molar-refractivity contribution in [1.82, 2.24) is 29.9 Å². The summed E-state index contributed by atoms with van der Waals surface area (Å²) in [6, 6.07) is 7.71. The molecular formula is C18H12N6. The van der Waals surface area contributed by atoms with Crippen molar-refractivity contribution in [3.8, 4) is 33.9 Å². The average Bonchev–Trinajstić information content (AvgIpc) is 2.70. The predicted molar refractivity (Wildman–Crippen MR) is 89.5 cm³/mol. The lowest BCUT2D eigenvalue weighted by Crippen LogP contribution is -1.91. The van der Waals surface area contributed by atoms with Crippen LogP contribution in [0.2, 0.25) is 0 Å². The molecule has 0 aliphatic rings. The van der Waals surface area contributed by atoms with Crippen LogP contribution in [0.3, 0.4) is 0 Å². The molecule has 4 aromatic heterocycles. The van der Waals surface area contributed by atoms with Crippen molar-refractivity contribution in [3.63, 3.8) is 0 Å². The van der Waals surface area contributed by atoms with E-state index in [2.05, 4.69) is 29.9 Å². The molecule has 6 heteroatoms. The van der Waals surface area contributed by atoms with Crippen LogP contribution in [0, 0.1) is 0 Å². The third kappa shape index (κ3) is 2.85. The summed E-state index contributed by atoms with van der Waals surface area (Å²) in [5.74, 6) is 0. The van der Waals surface area contributed by atoms with Crippen molar-refractivity contribution < 1.29 is 0 Å². The fraction of sp³-hybridized carbons (Fsp3) is 0. The lowest BCUT2D eigenvalue weighted by Gasteiger charge is -2.05. The second-order valence-corrected chi connectivity index (χ2v) is 5.04. The van der Waals surface area contributed by atoms with E-state index in [-0.39, 0.29) is 0 Å². The Labute approximate surface area is 138 Å². The SMILES string of the molecule is c1cnc(-c2ccnc(-c3cc(-c4cnccn4)ccn3)c2)cn1. The van der Waals surface area contributed by atoms with Gasteiger partial charge in [0.15, 0.2) is 0 Å². The highest BCUT2D eigenvalue weighted by Gasteiger charge is 2.07. The molecule has 0 amide bonds. The van der Waals surface area contributed by atoms with Crippen molar-refractivity contribution in [2.75, 3.05) is 0 Å². The van der Waals surface area contributed by atoms with Gasteiger partial charge in [-0.2, -0.15) is 0 Å². The Kier molecular flexibility index (Phi) is 3.69. The highest BCUT2D eigenvalue weighted by atomic mass is 14.8. The van der Waals surface area contributed by atoms with Gasteiger partial charge < -0.3 is 0 Å². The van der Waals surface area contributed by atoms with Crippen LogP contribution in [0.25, 0.3) is 33.9 Å². The Morgan fingerprint density at radius 1 is 0.458 bits per heavy atom. The van der Waals surface area contributed by atoms with E-state index in [1.165, 1.54) is 0 Å². The second kappa shape index (κ2) is 6.29. The molecule has 114 valence electrons. The van der Waals surface area contributed by atoms with E-state index < -0.39 is 0 Å². The molecular weight excluding hydrogens is 300 g/mol. The maximum Gasteiger partial charge on any atom is 0.0893 e. The van der Waals surface area contributed by atoms with Gasteiger partial charge in [0.1, 0.15) is 0 Å². The second-order valence-electron chi connectivity index (χ2n) is 5.04. The summed E-state index contributed by atoms with van der Waals surface area (Å²) in [5.41, 5.74) is 5.02. The molecule has 4 aromatic rings. The quantitative estimate of drug-likeness (QED) is 0.578. The zero-order valence-corrected chi connectivity index (χ0v) is 12.6. The van der Waals surface area contributed by atoms with Crippen LogP contribution in [0.15, 0.2) is 73.8 Å². The van der Waals surface area contributed by atoms with Crippen molar-refractivity contribution in [2.45, 2.75) is 0 Å². The lowest BCUT2D eigenvalue weighted by atomic mass is 10.1. The van der Waals surface area contributed by atoms with Gasteiger partial charge in [0.05, 0.1) is 35.2 Å². The minimum Gasteiger partial charge on any atom is -0.261 e. The first-order valence-corrected chi connectivity index (χ1v) is 7.35. The van der Waals surface area contributed by atoms with Gasteiger partial charge >= 0.3 is 0 Å². The molecule has 0 atom stereocenters. The molecule has 24 heavy (non-hydrogen) atoms. The number of rotatable bonds is 3. The van der Waals surface area contributed by atoms with Crippen LogP contribution in [0.5, 0.6) is 0 Å². The topological polar surface area (TPSA) is 77.3 Å². The largest absolute Gasteiger partial charge is 0.261 e. The van der Waals surface area contributed by atoms with Gasteiger partial charge in [-0.05, 0) is 24.3 Å². The average molecular weight is 312 g/mol. The third-order valence-corrected chi connectivity index (χ3v) is 3.50. The van der Waals surface area contributed by atoms with Gasteiger partial charge in [-0.15, -0.1) is 0 Å². The van der Waals surface area contributed by atoms with Crippen LogP contribution < -0.4 is 0 Å². The van der Waals surface area contributed by atoms with Gasteiger partial charge in [0, 0.05) is 48.3 Å². The molecule has 6 nitrogen and oxygen atoms in total. The number of hydrogen-bond donors (Lipinski definition) is 0. The Bertz CT molecular complexity index is 876. The Hall–Kier alpha value is -3.54. The summed E-state index contributed by atoms with van der Waals surface area (Å²) in [4.78, 5) is 25.7. The molecule has 0 aromatic carbocycles. The summed E-state index contributed by atoms with van der Waals surface area (Å²) in [6.45, 7) is 0. The van der Waals surface area contributed by atoms with Gasteiger partial charge in [-0.25, -0.2) is 0 Å². The molecule has 0 radical (unpaired) electrons. The van der Waals surface area contributed by atoms with E-state index in [0.717, 1.165) is 33.9 Å². The molecule has 0 N–H and O–H groups in total. The maximum absolute atomic E-state index is 4.42. The molecule has 0 fully saturated rings. The highest BCUT2D eigenvalue weighted by Crippen LogP contribution is 2.24. The molecule has 0 spiro atoms. The minimum atomic E-state index is 0.767. The number of aromatic nitrogens is 6. The van der Waals surface area contributed by atoms with Gasteiger partial charge in [0.2, 0.25) is 0 Å². The normalized spacial score (nSPS) is 10.5. The number of hydrogen-bond acceptors (Lipinski definition) is 6. The molecule has 0 aliphatic heterocycles. The fourth-order valence-corrected chi connectivity index (χ4v) is 2.36. The summed E-state index contributed by atoms with van der Waals surface area (Å²) in [6.07, 6.45) is 13.6. The van der Waals surface area contributed by atoms with Gasteiger partial charge in [0.25, 0.3) is 0 Å². The first-order chi connectivity index (χ1) is 11.9. The molecule has 0 saturated heterocycles. The zero-order chi connectivity index (χ0) is 16.2. The molecule has 4 heterocycles. The van der Waals surface area contributed by atoms with E-state index in [4.69, 9.17) is 0 Å². The molecule has 0 saturated carbocycles. The summed E-state index contributed by atoms with van der Waals surface area (Å²) in [5, 5.41) is 0. The minimum absolute atomic E-state index is 0.767. The standard InChI is InChI=1S/C18H12N6/c1-3-21-15(9-13(1)17-11-19-5-7-23-17)16-10-14(2-4-22-16)18-12-20-6-8-24-18/h1-12H. The monoisotopic (exact) mass is 312 g/mol. The first kappa shape index (κ1) is 14.1.